The average Bonchev–Trinajstić information content (AvgIpc) is 3.71. The second-order valence-electron chi connectivity index (χ2n) is 17.6. The van der Waals surface area contributed by atoms with E-state index in [2.05, 4.69) is 35.8 Å². The highest BCUT2D eigenvalue weighted by Crippen LogP contribution is 2.73. The van der Waals surface area contributed by atoms with Crippen LogP contribution < -0.4 is 10.2 Å². The van der Waals surface area contributed by atoms with Crippen molar-refractivity contribution in [2.45, 2.75) is 91.3 Å². The number of ether oxygens (including phenoxy) is 1. The minimum atomic E-state index is -1.14. The minimum absolute atomic E-state index is 0.0454. The average molecular weight is 763 g/mol. The van der Waals surface area contributed by atoms with Gasteiger partial charge in [-0.25, -0.2) is 19.2 Å². The van der Waals surface area contributed by atoms with E-state index in [1.807, 2.05) is 49.3 Å². The standard InChI is InChI=1S/C43H47FN6O4S/c1-25(2)42-19-40(4)18-41(21-42,22-43(20-40,23-42)54-5)24-50-26(3)30(16-45-50)28-11-13-35(47-36(28)38(52)53)49-15-14-27-31(17-49)29(10-12-32(27)44)37(51)48-39-46-33-8-6-7-9-34(33)55-39/h6-13,16,25H,14-15,17-24H2,1-5H3,(H,52,53)(H,46,48,51). The van der Waals surface area contributed by atoms with Crippen LogP contribution in [0.5, 0.6) is 0 Å². The lowest BCUT2D eigenvalue weighted by Crippen LogP contribution is -2.66. The van der Waals surface area contributed by atoms with Gasteiger partial charge in [0, 0.05) is 49.1 Å². The lowest BCUT2D eigenvalue weighted by atomic mass is 9.37. The summed E-state index contributed by atoms with van der Waals surface area (Å²) in [6.07, 6.45) is 8.88. The summed E-state index contributed by atoms with van der Waals surface area (Å²) < 4.78 is 24.6. The molecule has 10 rings (SSSR count). The molecule has 1 amide bonds. The molecule has 5 aromatic rings. The first-order valence-electron chi connectivity index (χ1n) is 19.3. The van der Waals surface area contributed by atoms with E-state index in [4.69, 9.17) is 14.8 Å². The monoisotopic (exact) mass is 762 g/mol. The Morgan fingerprint density at radius 1 is 1.00 bits per heavy atom. The predicted molar refractivity (Wildman–Crippen MR) is 211 cm³/mol. The van der Waals surface area contributed by atoms with E-state index in [9.17, 15) is 14.7 Å². The Bertz CT molecular complexity index is 2360. The Morgan fingerprint density at radius 3 is 2.58 bits per heavy atom. The van der Waals surface area contributed by atoms with Crippen LogP contribution in [0.25, 0.3) is 21.3 Å². The number of aromatic carboxylic acids is 1. The lowest BCUT2D eigenvalue weighted by molar-refractivity contribution is -0.254. The van der Waals surface area contributed by atoms with Crippen molar-refractivity contribution >= 4 is 44.4 Å². The molecule has 4 heterocycles. The summed E-state index contributed by atoms with van der Waals surface area (Å²) in [5, 5.41) is 18.8. The molecular formula is C43H47FN6O4S. The van der Waals surface area contributed by atoms with E-state index in [0.29, 0.717) is 52.1 Å². The molecule has 55 heavy (non-hydrogen) atoms. The van der Waals surface area contributed by atoms with Crippen LogP contribution in [-0.4, -0.2) is 56.0 Å². The van der Waals surface area contributed by atoms with Crippen LogP contribution in [0.4, 0.5) is 15.3 Å². The molecule has 4 atom stereocenters. The second-order valence-corrected chi connectivity index (χ2v) is 18.6. The number of benzene rings is 2. The van der Waals surface area contributed by atoms with E-state index in [1.165, 1.54) is 29.9 Å². The number of nitrogens with one attached hydrogen (secondary N) is 1. The fourth-order valence-electron chi connectivity index (χ4n) is 11.7. The first-order valence-corrected chi connectivity index (χ1v) is 20.1. The highest BCUT2D eigenvalue weighted by molar-refractivity contribution is 7.22. The molecule has 5 aliphatic rings. The van der Waals surface area contributed by atoms with Crippen molar-refractivity contribution in [3.05, 3.63) is 88.6 Å². The van der Waals surface area contributed by atoms with Gasteiger partial charge in [0.25, 0.3) is 5.91 Å². The number of anilines is 2. The highest BCUT2D eigenvalue weighted by atomic mass is 32.1. The Hall–Kier alpha value is -4.68. The Balaban J connectivity index is 0.990. The van der Waals surface area contributed by atoms with Gasteiger partial charge in [-0.05, 0) is 122 Å². The topological polar surface area (TPSA) is 122 Å². The number of hydrogen-bond donors (Lipinski definition) is 2. The maximum Gasteiger partial charge on any atom is 0.355 e. The number of amides is 1. The Kier molecular flexibility index (Phi) is 8.29. The highest BCUT2D eigenvalue weighted by Gasteiger charge is 2.67. The summed E-state index contributed by atoms with van der Waals surface area (Å²) in [6.45, 7) is 10.6. The number of fused-ring (bicyclic) bond motifs is 2. The molecule has 0 radical (unpaired) electrons. The zero-order valence-corrected chi connectivity index (χ0v) is 32.9. The third kappa shape index (κ3) is 5.94. The van der Waals surface area contributed by atoms with E-state index in [1.54, 1.807) is 12.3 Å². The smallest absolute Gasteiger partial charge is 0.355 e. The Morgan fingerprint density at radius 2 is 1.82 bits per heavy atom. The normalized spacial score (nSPS) is 26.9. The molecule has 2 N–H and O–H groups in total. The maximum atomic E-state index is 15.1. The van der Waals surface area contributed by atoms with Crippen LogP contribution in [0, 0.1) is 34.9 Å². The Labute approximate surface area is 324 Å². The van der Waals surface area contributed by atoms with Gasteiger partial charge in [0.1, 0.15) is 11.6 Å². The molecular weight excluding hydrogens is 716 g/mol. The number of methoxy groups -OCH3 is 1. The number of carbonyl (C=O) groups excluding carboxylic acids is 1. The summed E-state index contributed by atoms with van der Waals surface area (Å²) in [4.78, 5) is 37.6. The largest absolute Gasteiger partial charge is 0.476 e. The van der Waals surface area contributed by atoms with Crippen LogP contribution >= 0.6 is 11.3 Å². The minimum Gasteiger partial charge on any atom is -0.476 e. The summed E-state index contributed by atoms with van der Waals surface area (Å²) >= 11 is 1.38. The summed E-state index contributed by atoms with van der Waals surface area (Å²) in [7, 11) is 1.89. The fraction of sp³-hybridized carbons (Fsp3) is 0.465. The van der Waals surface area contributed by atoms with Crippen molar-refractivity contribution in [1.29, 1.82) is 0 Å². The molecule has 12 heteroatoms. The number of carboxylic acids is 1. The van der Waals surface area contributed by atoms with Crippen molar-refractivity contribution in [3.63, 3.8) is 0 Å². The number of thiazole rings is 1. The van der Waals surface area contributed by atoms with Gasteiger partial charge >= 0.3 is 5.97 Å². The molecule has 2 aromatic carbocycles. The predicted octanol–water partition coefficient (Wildman–Crippen LogP) is 8.92. The van der Waals surface area contributed by atoms with Crippen molar-refractivity contribution in [2.24, 2.45) is 22.2 Å². The molecule has 0 spiro atoms. The molecule has 286 valence electrons. The number of pyridine rings is 1. The van der Waals surface area contributed by atoms with E-state index < -0.39 is 5.97 Å². The van der Waals surface area contributed by atoms with Gasteiger partial charge in [-0.1, -0.05) is 44.2 Å². The lowest BCUT2D eigenvalue weighted by Gasteiger charge is -2.70. The molecule has 4 fully saturated rings. The van der Waals surface area contributed by atoms with Gasteiger partial charge in [0.05, 0.1) is 22.0 Å². The second kappa shape index (κ2) is 12.7. The zero-order valence-electron chi connectivity index (χ0n) is 32.0. The van der Waals surface area contributed by atoms with Crippen LogP contribution in [0.3, 0.4) is 0 Å². The number of halogens is 1. The fourth-order valence-corrected chi connectivity index (χ4v) is 12.5. The molecule has 0 saturated heterocycles. The third-order valence-electron chi connectivity index (χ3n) is 13.5. The number of hydrogen-bond acceptors (Lipinski definition) is 8. The van der Waals surface area contributed by atoms with Crippen molar-refractivity contribution < 1.29 is 23.8 Å². The van der Waals surface area contributed by atoms with Crippen LogP contribution in [0.2, 0.25) is 0 Å². The molecule has 4 bridgehead atoms. The summed E-state index contributed by atoms with van der Waals surface area (Å²) in [6, 6.07) is 14.1. The summed E-state index contributed by atoms with van der Waals surface area (Å²) in [5.74, 6) is -0.881. The van der Waals surface area contributed by atoms with E-state index in [-0.39, 0.29) is 45.8 Å². The molecule has 3 aromatic heterocycles. The van der Waals surface area contributed by atoms with Crippen LogP contribution in [-0.2, 0) is 24.2 Å². The summed E-state index contributed by atoms with van der Waals surface area (Å²) in [5.41, 5.74) is 4.65. The molecule has 4 aliphatic carbocycles. The van der Waals surface area contributed by atoms with Crippen molar-refractivity contribution in [3.8, 4) is 11.1 Å². The number of aromatic nitrogens is 4. The first kappa shape index (κ1) is 36.0. The van der Waals surface area contributed by atoms with Gasteiger partial charge in [-0.2, -0.15) is 5.10 Å². The third-order valence-corrected chi connectivity index (χ3v) is 14.4. The first-order chi connectivity index (χ1) is 26.2. The molecule has 4 saturated carbocycles. The van der Waals surface area contributed by atoms with Gasteiger partial charge in [-0.15, -0.1) is 0 Å². The van der Waals surface area contributed by atoms with Gasteiger partial charge < -0.3 is 14.7 Å². The number of nitrogens with zero attached hydrogens (tertiary/aromatic N) is 5. The molecule has 10 nitrogen and oxygen atoms in total. The SMILES string of the molecule is COC12CC3(C)CC(Cn4ncc(-c5ccc(N6CCc7c(F)ccc(C(=O)Nc8nc9ccccc9s8)c7C6)nc5C(=O)O)c4C)(C1)CC(C(C)C)(C3)C2. The van der Waals surface area contributed by atoms with Crippen molar-refractivity contribution in [1.82, 2.24) is 19.7 Å². The van der Waals surface area contributed by atoms with Gasteiger partial charge in [0.15, 0.2) is 10.8 Å². The number of carboxylic acid groups (broad SMARTS) is 1. The van der Waals surface area contributed by atoms with E-state index in [0.717, 1.165) is 60.1 Å². The van der Waals surface area contributed by atoms with Crippen molar-refractivity contribution in [2.75, 3.05) is 23.9 Å². The molecule has 4 unspecified atom stereocenters. The quantitative estimate of drug-likeness (QED) is 0.153. The molecule has 1 aliphatic heterocycles. The number of para-hydroxylation sites is 1. The zero-order chi connectivity index (χ0) is 38.5. The maximum absolute atomic E-state index is 15.1. The number of rotatable bonds is 9. The van der Waals surface area contributed by atoms with Crippen LogP contribution in [0.1, 0.15) is 97.0 Å². The van der Waals surface area contributed by atoms with Crippen LogP contribution in [0.15, 0.2) is 54.7 Å². The van der Waals surface area contributed by atoms with E-state index >= 15 is 4.39 Å². The van der Waals surface area contributed by atoms with Gasteiger partial charge in [0.2, 0.25) is 0 Å². The number of carbonyl (C=O) groups is 2. The van der Waals surface area contributed by atoms with Gasteiger partial charge in [-0.3, -0.25) is 14.8 Å².